The fourth-order valence-electron chi connectivity index (χ4n) is 0.503. The zero-order chi connectivity index (χ0) is 7.07. The van der Waals surface area contributed by atoms with Crippen molar-refractivity contribution >= 4 is 28.7 Å². The Morgan fingerprint density at radius 2 is 2.50 bits per heavy atom. The minimum Gasteiger partial charge on any atom is -0.465 e. The van der Waals surface area contributed by atoms with Crippen LogP contribution in [0.15, 0.2) is 0 Å². The molecule has 0 aromatic carbocycles. The molecule has 46 valence electrons. The zero-order valence-corrected chi connectivity index (χ0v) is 6.25. The third-order valence-electron chi connectivity index (χ3n) is 0.995. The van der Waals surface area contributed by atoms with Gasteiger partial charge < -0.3 is 10.0 Å². The lowest BCUT2D eigenvalue weighted by molar-refractivity contribution is 0.123. The third-order valence-corrected chi connectivity index (χ3v) is 1.68. The first-order chi connectivity index (χ1) is 4.01. The second-order valence-corrected chi connectivity index (χ2v) is 3.18. The van der Waals surface area contributed by atoms with Crippen molar-refractivity contribution in [1.82, 2.24) is 4.90 Å². The van der Waals surface area contributed by atoms with Gasteiger partial charge in [-0.3, -0.25) is 0 Å². The van der Waals surface area contributed by atoms with Crippen LogP contribution in [0.1, 0.15) is 1.37 Å². The predicted octanol–water partition coefficient (Wildman–Crippen LogP) is 0.784. The standard InChI is InChI=1S/C4H6INO2/c5-3-1-6(2-3)4(7)8/h3H,1-2H2,(H,7,8)/i3D. The van der Waals surface area contributed by atoms with Gasteiger partial charge in [0.15, 0.2) is 0 Å². The van der Waals surface area contributed by atoms with Crippen molar-refractivity contribution in [2.24, 2.45) is 0 Å². The highest BCUT2D eigenvalue weighted by Gasteiger charge is 2.27. The lowest BCUT2D eigenvalue weighted by Gasteiger charge is -2.32. The molecule has 0 saturated carbocycles. The molecule has 0 spiro atoms. The normalized spacial score (nSPS) is 26.1. The van der Waals surface area contributed by atoms with Gasteiger partial charge in [-0.05, 0) is 0 Å². The molecule has 0 atom stereocenters. The summed E-state index contributed by atoms with van der Waals surface area (Å²) >= 11 is 1.94. The Labute approximate surface area is 62.2 Å². The molecular weight excluding hydrogens is 221 g/mol. The molecule has 1 aliphatic heterocycles. The number of alkyl halides is 1. The number of carboxylic acid groups (broad SMARTS) is 1. The van der Waals surface area contributed by atoms with Crippen LogP contribution in [0.3, 0.4) is 0 Å². The SMILES string of the molecule is [2H]C1(I)CN(C(=O)O)C1. The molecule has 1 fully saturated rings. The summed E-state index contributed by atoms with van der Waals surface area (Å²) in [7, 11) is 0. The van der Waals surface area contributed by atoms with E-state index in [2.05, 4.69) is 0 Å². The highest BCUT2D eigenvalue weighted by Crippen LogP contribution is 2.15. The second-order valence-electron chi connectivity index (χ2n) is 1.66. The van der Waals surface area contributed by atoms with Crippen LogP contribution < -0.4 is 0 Å². The van der Waals surface area contributed by atoms with E-state index in [0.29, 0.717) is 13.1 Å². The number of hydrogen-bond acceptors (Lipinski definition) is 1. The molecule has 0 aliphatic carbocycles. The Bertz CT molecular complexity index is 142. The Morgan fingerprint density at radius 3 is 2.62 bits per heavy atom. The monoisotopic (exact) mass is 228 g/mol. The molecule has 1 saturated heterocycles. The van der Waals surface area contributed by atoms with Crippen LogP contribution in [0.5, 0.6) is 0 Å². The maximum atomic E-state index is 10.1. The van der Waals surface area contributed by atoms with Gasteiger partial charge in [-0.1, -0.05) is 22.6 Å². The minimum absolute atomic E-state index is 0.336. The van der Waals surface area contributed by atoms with E-state index in [1.54, 1.807) is 0 Å². The first-order valence-electron chi connectivity index (χ1n) is 2.68. The zero-order valence-electron chi connectivity index (χ0n) is 5.09. The molecule has 0 aromatic heterocycles. The van der Waals surface area contributed by atoms with Crippen LogP contribution in [0.25, 0.3) is 0 Å². The third kappa shape index (κ3) is 1.04. The maximum Gasteiger partial charge on any atom is 0.407 e. The van der Waals surface area contributed by atoms with Crippen LogP contribution in [0.2, 0.25) is 0 Å². The van der Waals surface area contributed by atoms with Crippen molar-refractivity contribution in [3.05, 3.63) is 0 Å². The van der Waals surface area contributed by atoms with Crippen molar-refractivity contribution in [2.75, 3.05) is 13.1 Å². The van der Waals surface area contributed by atoms with E-state index in [1.165, 1.54) is 4.90 Å². The first kappa shape index (κ1) is 4.84. The highest BCUT2D eigenvalue weighted by atomic mass is 127. The maximum absolute atomic E-state index is 10.1. The van der Waals surface area contributed by atoms with Crippen LogP contribution in [0.4, 0.5) is 4.79 Å². The summed E-state index contributed by atoms with van der Waals surface area (Å²) in [5.41, 5.74) is 0. The van der Waals surface area contributed by atoms with E-state index < -0.39 is 9.99 Å². The number of likely N-dealkylation sites (tertiary alicyclic amines) is 1. The smallest absolute Gasteiger partial charge is 0.407 e. The van der Waals surface area contributed by atoms with E-state index in [4.69, 9.17) is 6.48 Å². The second kappa shape index (κ2) is 2.08. The number of rotatable bonds is 0. The summed E-state index contributed by atoms with van der Waals surface area (Å²) in [6, 6.07) is 0. The Balaban J connectivity index is 2.35. The average Bonchev–Trinajstić information content (AvgIpc) is 1.59. The van der Waals surface area contributed by atoms with Gasteiger partial charge in [0.1, 0.15) is 0 Å². The summed E-state index contributed by atoms with van der Waals surface area (Å²) in [5.74, 6) is 0. The van der Waals surface area contributed by atoms with Gasteiger partial charge in [0, 0.05) is 18.4 Å². The Kier molecular flexibility index (Phi) is 1.26. The van der Waals surface area contributed by atoms with Crippen molar-refractivity contribution in [3.8, 4) is 0 Å². The van der Waals surface area contributed by atoms with Crippen molar-refractivity contribution < 1.29 is 11.3 Å². The number of amides is 1. The topological polar surface area (TPSA) is 40.5 Å². The number of hydrogen-bond donors (Lipinski definition) is 1. The quantitative estimate of drug-likeness (QED) is 0.491. The number of halogens is 1. The average molecular weight is 228 g/mol. The van der Waals surface area contributed by atoms with E-state index >= 15 is 0 Å². The summed E-state index contributed by atoms with van der Waals surface area (Å²) in [6.07, 6.45) is -0.922. The van der Waals surface area contributed by atoms with Crippen molar-refractivity contribution in [3.63, 3.8) is 0 Å². The van der Waals surface area contributed by atoms with Crippen LogP contribution >= 0.6 is 22.6 Å². The highest BCUT2D eigenvalue weighted by molar-refractivity contribution is 14.1. The molecule has 0 aromatic rings. The van der Waals surface area contributed by atoms with E-state index in [1.807, 2.05) is 22.6 Å². The molecular formula is C4H6INO2. The molecule has 1 heterocycles. The summed E-state index contributed by atoms with van der Waals surface area (Å²) in [4.78, 5) is 11.3. The molecule has 0 radical (unpaired) electrons. The molecule has 1 N–H and O–H groups in total. The van der Waals surface area contributed by atoms with Crippen LogP contribution in [-0.2, 0) is 0 Å². The molecule has 4 heteroatoms. The Hall–Kier alpha value is 0. The largest absolute Gasteiger partial charge is 0.465 e. The fraction of sp³-hybridized carbons (Fsp3) is 0.750. The number of nitrogens with zero attached hydrogens (tertiary/aromatic N) is 1. The molecule has 0 unspecified atom stereocenters. The van der Waals surface area contributed by atoms with Crippen LogP contribution in [-0.4, -0.2) is 33.1 Å². The van der Waals surface area contributed by atoms with Gasteiger partial charge >= 0.3 is 6.09 Å². The number of carbonyl (C=O) groups is 1. The minimum atomic E-state index is -0.922. The molecule has 1 aliphatic rings. The van der Waals surface area contributed by atoms with Gasteiger partial charge in [-0.15, -0.1) is 0 Å². The van der Waals surface area contributed by atoms with Crippen molar-refractivity contribution in [2.45, 2.75) is 3.90 Å². The van der Waals surface area contributed by atoms with Crippen molar-refractivity contribution in [1.29, 1.82) is 0 Å². The van der Waals surface area contributed by atoms with E-state index in [9.17, 15) is 4.79 Å². The fourth-order valence-corrected chi connectivity index (χ4v) is 1.33. The lowest BCUT2D eigenvalue weighted by Crippen LogP contribution is -2.49. The predicted molar refractivity (Wildman–Crippen MR) is 37.4 cm³/mol. The van der Waals surface area contributed by atoms with Gasteiger partial charge in [0.05, 0.1) is 0 Å². The van der Waals surface area contributed by atoms with Gasteiger partial charge in [0.25, 0.3) is 0 Å². The first-order valence-corrected chi connectivity index (χ1v) is 3.26. The van der Waals surface area contributed by atoms with Gasteiger partial charge in [0.2, 0.25) is 0 Å². The Morgan fingerprint density at radius 1 is 2.00 bits per heavy atom. The van der Waals surface area contributed by atoms with E-state index in [-0.39, 0.29) is 0 Å². The molecule has 3 nitrogen and oxygen atoms in total. The lowest BCUT2D eigenvalue weighted by atomic mass is 10.2. The summed E-state index contributed by atoms with van der Waals surface area (Å²) in [5, 5.41) is 8.30. The molecule has 8 heavy (non-hydrogen) atoms. The molecule has 1 amide bonds. The van der Waals surface area contributed by atoms with Gasteiger partial charge in [-0.2, -0.15) is 0 Å². The molecule has 1 rings (SSSR count). The van der Waals surface area contributed by atoms with Gasteiger partial charge in [-0.25, -0.2) is 4.79 Å². The summed E-state index contributed by atoms with van der Waals surface area (Å²) < 4.78 is 6.71. The molecule has 0 bridgehead atoms. The van der Waals surface area contributed by atoms with Crippen LogP contribution in [0, 0.1) is 0 Å². The van der Waals surface area contributed by atoms with E-state index in [0.717, 1.165) is 0 Å². The summed E-state index contributed by atoms with van der Waals surface area (Å²) in [6.45, 7) is 0.672.